The quantitative estimate of drug-likeness (QED) is 0.758. The molecule has 0 fully saturated rings. The van der Waals surface area contributed by atoms with E-state index in [9.17, 15) is 0 Å². The molecule has 0 bridgehead atoms. The fourth-order valence-corrected chi connectivity index (χ4v) is 1.98. The number of methoxy groups -OCH3 is 1. The Kier molecular flexibility index (Phi) is 5.91. The minimum absolute atomic E-state index is 0.498. The van der Waals surface area contributed by atoms with E-state index in [0.29, 0.717) is 13.2 Å². The lowest BCUT2D eigenvalue weighted by Crippen LogP contribution is -2.12. The molecular weight excluding hydrogens is 266 g/mol. The Labute approximate surface area is 125 Å². The van der Waals surface area contributed by atoms with Crippen LogP contribution in [0.25, 0.3) is 0 Å². The third kappa shape index (κ3) is 4.68. The predicted octanol–water partition coefficient (Wildman–Crippen LogP) is 2.87. The topological polar surface area (TPSA) is 39.7 Å². The molecule has 0 spiro atoms. The SMILES string of the molecule is CNCc1cc(OC)ccc1OCCOc1ccccc1. The van der Waals surface area contributed by atoms with Crippen molar-refractivity contribution in [1.82, 2.24) is 5.32 Å². The van der Waals surface area contributed by atoms with E-state index >= 15 is 0 Å². The first-order valence-corrected chi connectivity index (χ1v) is 6.95. The first-order valence-electron chi connectivity index (χ1n) is 6.95. The lowest BCUT2D eigenvalue weighted by atomic mass is 10.2. The number of benzene rings is 2. The van der Waals surface area contributed by atoms with Gasteiger partial charge in [0, 0.05) is 12.1 Å². The van der Waals surface area contributed by atoms with E-state index in [1.54, 1.807) is 7.11 Å². The van der Waals surface area contributed by atoms with E-state index in [0.717, 1.165) is 29.4 Å². The van der Waals surface area contributed by atoms with Gasteiger partial charge in [0.05, 0.1) is 7.11 Å². The fraction of sp³-hybridized carbons (Fsp3) is 0.294. The second-order valence-corrected chi connectivity index (χ2v) is 4.51. The summed E-state index contributed by atoms with van der Waals surface area (Å²) in [4.78, 5) is 0. The molecule has 1 N–H and O–H groups in total. The van der Waals surface area contributed by atoms with Gasteiger partial charge in [-0.1, -0.05) is 18.2 Å². The maximum atomic E-state index is 5.79. The Morgan fingerprint density at radius 3 is 2.38 bits per heavy atom. The first kappa shape index (κ1) is 15.2. The maximum Gasteiger partial charge on any atom is 0.124 e. The van der Waals surface area contributed by atoms with Crippen LogP contribution < -0.4 is 19.5 Å². The van der Waals surface area contributed by atoms with Gasteiger partial charge in [0.15, 0.2) is 0 Å². The Bertz CT molecular complexity index is 543. The maximum absolute atomic E-state index is 5.79. The van der Waals surface area contributed by atoms with Crippen LogP contribution >= 0.6 is 0 Å². The van der Waals surface area contributed by atoms with E-state index < -0.39 is 0 Å². The Balaban J connectivity index is 1.87. The van der Waals surface area contributed by atoms with Gasteiger partial charge in [-0.25, -0.2) is 0 Å². The van der Waals surface area contributed by atoms with E-state index in [1.165, 1.54) is 0 Å². The van der Waals surface area contributed by atoms with E-state index in [-0.39, 0.29) is 0 Å². The zero-order valence-electron chi connectivity index (χ0n) is 12.5. The summed E-state index contributed by atoms with van der Waals surface area (Å²) in [5.41, 5.74) is 1.07. The Morgan fingerprint density at radius 1 is 0.905 bits per heavy atom. The minimum atomic E-state index is 0.498. The molecular formula is C17H21NO3. The van der Waals surface area contributed by atoms with Gasteiger partial charge in [0.1, 0.15) is 30.5 Å². The van der Waals surface area contributed by atoms with Gasteiger partial charge >= 0.3 is 0 Å². The van der Waals surface area contributed by atoms with Gasteiger partial charge < -0.3 is 19.5 Å². The fourth-order valence-electron chi connectivity index (χ4n) is 1.98. The summed E-state index contributed by atoms with van der Waals surface area (Å²) in [5, 5.41) is 3.13. The summed E-state index contributed by atoms with van der Waals surface area (Å²) in [6.07, 6.45) is 0. The van der Waals surface area contributed by atoms with Crippen LogP contribution in [0.3, 0.4) is 0 Å². The van der Waals surface area contributed by atoms with Crippen molar-refractivity contribution in [2.75, 3.05) is 27.4 Å². The van der Waals surface area contributed by atoms with Crippen LogP contribution in [0.2, 0.25) is 0 Å². The highest BCUT2D eigenvalue weighted by molar-refractivity contribution is 5.40. The number of rotatable bonds is 8. The van der Waals surface area contributed by atoms with Crippen molar-refractivity contribution in [1.29, 1.82) is 0 Å². The summed E-state index contributed by atoms with van der Waals surface area (Å²) in [7, 11) is 3.56. The molecule has 4 nitrogen and oxygen atoms in total. The lowest BCUT2D eigenvalue weighted by Gasteiger charge is -2.13. The standard InChI is InChI=1S/C17H21NO3/c1-18-13-14-12-16(19-2)8-9-17(14)21-11-10-20-15-6-4-3-5-7-15/h3-9,12,18H,10-11,13H2,1-2H3. The summed E-state index contributed by atoms with van der Waals surface area (Å²) in [6.45, 7) is 1.74. The normalized spacial score (nSPS) is 10.2. The van der Waals surface area contributed by atoms with Crippen LogP contribution in [0.5, 0.6) is 17.2 Å². The molecule has 0 atom stereocenters. The van der Waals surface area contributed by atoms with Crippen molar-refractivity contribution in [3.05, 3.63) is 54.1 Å². The van der Waals surface area contributed by atoms with E-state index in [4.69, 9.17) is 14.2 Å². The highest BCUT2D eigenvalue weighted by atomic mass is 16.5. The van der Waals surface area contributed by atoms with Gasteiger partial charge in [0.2, 0.25) is 0 Å². The molecule has 0 aliphatic rings. The van der Waals surface area contributed by atoms with Crippen molar-refractivity contribution in [2.24, 2.45) is 0 Å². The third-order valence-electron chi connectivity index (χ3n) is 2.99. The molecule has 2 aromatic carbocycles. The molecule has 112 valence electrons. The molecule has 0 saturated carbocycles. The van der Waals surface area contributed by atoms with Crippen LogP contribution in [0.4, 0.5) is 0 Å². The summed E-state index contributed by atoms with van der Waals surface area (Å²) >= 11 is 0. The number of nitrogens with one attached hydrogen (secondary N) is 1. The van der Waals surface area contributed by atoms with Crippen molar-refractivity contribution in [2.45, 2.75) is 6.54 Å². The van der Waals surface area contributed by atoms with Crippen molar-refractivity contribution >= 4 is 0 Å². The van der Waals surface area contributed by atoms with Gasteiger partial charge in [-0.05, 0) is 37.4 Å². The molecule has 0 aliphatic heterocycles. The molecule has 0 unspecified atom stereocenters. The van der Waals surface area contributed by atoms with Gasteiger partial charge in [-0.2, -0.15) is 0 Å². The molecule has 2 aromatic rings. The number of para-hydroxylation sites is 1. The number of hydrogen-bond acceptors (Lipinski definition) is 4. The lowest BCUT2D eigenvalue weighted by molar-refractivity contribution is 0.215. The average molecular weight is 287 g/mol. The predicted molar refractivity (Wildman–Crippen MR) is 83.2 cm³/mol. The second-order valence-electron chi connectivity index (χ2n) is 4.51. The van der Waals surface area contributed by atoms with Gasteiger partial charge in [0.25, 0.3) is 0 Å². The summed E-state index contributed by atoms with van der Waals surface area (Å²) < 4.78 is 16.6. The minimum Gasteiger partial charge on any atom is -0.497 e. The van der Waals surface area contributed by atoms with Crippen molar-refractivity contribution in [3.63, 3.8) is 0 Å². The van der Waals surface area contributed by atoms with Crippen LogP contribution in [-0.4, -0.2) is 27.4 Å². The van der Waals surface area contributed by atoms with Crippen LogP contribution in [-0.2, 0) is 6.54 Å². The molecule has 0 amide bonds. The van der Waals surface area contributed by atoms with Crippen LogP contribution in [0.1, 0.15) is 5.56 Å². The molecule has 4 heteroatoms. The van der Waals surface area contributed by atoms with Gasteiger partial charge in [-0.15, -0.1) is 0 Å². The van der Waals surface area contributed by atoms with Crippen LogP contribution in [0.15, 0.2) is 48.5 Å². The molecule has 0 aromatic heterocycles. The molecule has 21 heavy (non-hydrogen) atoms. The van der Waals surface area contributed by atoms with Gasteiger partial charge in [-0.3, -0.25) is 0 Å². The van der Waals surface area contributed by atoms with Crippen LogP contribution in [0, 0.1) is 0 Å². The molecule has 0 radical (unpaired) electrons. The number of ether oxygens (including phenoxy) is 3. The Hall–Kier alpha value is -2.20. The smallest absolute Gasteiger partial charge is 0.124 e. The highest BCUT2D eigenvalue weighted by Crippen LogP contribution is 2.24. The molecule has 0 saturated heterocycles. The first-order chi connectivity index (χ1) is 10.3. The zero-order valence-corrected chi connectivity index (χ0v) is 12.5. The summed E-state index contributed by atoms with van der Waals surface area (Å²) in [5.74, 6) is 2.53. The monoisotopic (exact) mass is 287 g/mol. The summed E-state index contributed by atoms with van der Waals surface area (Å²) in [6, 6.07) is 15.5. The molecule has 0 aliphatic carbocycles. The number of hydrogen-bond donors (Lipinski definition) is 1. The highest BCUT2D eigenvalue weighted by Gasteiger charge is 2.05. The van der Waals surface area contributed by atoms with E-state index in [2.05, 4.69) is 5.32 Å². The Morgan fingerprint density at radius 2 is 1.67 bits per heavy atom. The average Bonchev–Trinajstić information content (AvgIpc) is 2.54. The van der Waals surface area contributed by atoms with E-state index in [1.807, 2.05) is 55.6 Å². The zero-order chi connectivity index (χ0) is 14.9. The molecule has 2 rings (SSSR count). The molecule has 0 heterocycles. The van der Waals surface area contributed by atoms with Crippen molar-refractivity contribution < 1.29 is 14.2 Å². The largest absolute Gasteiger partial charge is 0.497 e. The third-order valence-corrected chi connectivity index (χ3v) is 2.99. The second kappa shape index (κ2) is 8.17. The van der Waals surface area contributed by atoms with Crippen molar-refractivity contribution in [3.8, 4) is 17.2 Å².